The molecule has 5 nitrogen and oxygen atoms in total. The molecule has 128 valence electrons. The molecule has 2 aromatic heterocycles. The molecular formula is C20H21N3O2. The van der Waals surface area contributed by atoms with Crippen LogP contribution in [0.15, 0.2) is 53.1 Å². The lowest BCUT2D eigenvalue weighted by Crippen LogP contribution is -2.36. The maximum atomic E-state index is 13.0. The highest BCUT2D eigenvalue weighted by molar-refractivity contribution is 5.78. The van der Waals surface area contributed by atoms with Crippen molar-refractivity contribution >= 4 is 5.91 Å². The number of nitrogens with zero attached hydrogens (tertiary/aromatic N) is 2. The Labute approximate surface area is 146 Å². The predicted octanol–water partition coefficient (Wildman–Crippen LogP) is 3.42. The van der Waals surface area contributed by atoms with Crippen LogP contribution in [0.3, 0.4) is 0 Å². The molecule has 25 heavy (non-hydrogen) atoms. The molecule has 0 fully saturated rings. The Morgan fingerprint density at radius 1 is 1.28 bits per heavy atom. The van der Waals surface area contributed by atoms with Gasteiger partial charge in [0, 0.05) is 37.2 Å². The van der Waals surface area contributed by atoms with Gasteiger partial charge in [0.05, 0.1) is 17.9 Å². The molecule has 0 spiro atoms. The van der Waals surface area contributed by atoms with Gasteiger partial charge in [-0.05, 0) is 24.6 Å². The largest absolute Gasteiger partial charge is 0.469 e. The number of aryl methyl sites for hydroxylation is 1. The summed E-state index contributed by atoms with van der Waals surface area (Å²) in [5.41, 5.74) is 4.40. The Hall–Kier alpha value is -2.82. The molecule has 0 bridgehead atoms. The number of carbonyl (C=O) groups excluding carboxylic acids is 1. The van der Waals surface area contributed by atoms with Gasteiger partial charge in [-0.1, -0.05) is 30.3 Å². The van der Waals surface area contributed by atoms with Crippen molar-refractivity contribution < 1.29 is 9.21 Å². The summed E-state index contributed by atoms with van der Waals surface area (Å²) in [7, 11) is 0. The Balaban J connectivity index is 1.55. The Kier molecular flexibility index (Phi) is 4.14. The number of furan rings is 1. The molecule has 3 heterocycles. The zero-order chi connectivity index (χ0) is 17.2. The Morgan fingerprint density at radius 2 is 2.12 bits per heavy atom. The lowest BCUT2D eigenvalue weighted by atomic mass is 9.92. The molecule has 0 saturated carbocycles. The van der Waals surface area contributed by atoms with Crippen LogP contribution in [0.5, 0.6) is 0 Å². The van der Waals surface area contributed by atoms with E-state index >= 15 is 0 Å². The molecule has 4 rings (SSSR count). The average molecular weight is 335 g/mol. The zero-order valence-corrected chi connectivity index (χ0v) is 14.2. The highest BCUT2D eigenvalue weighted by atomic mass is 16.3. The number of amides is 1. The average Bonchev–Trinajstić information content (AvgIpc) is 3.30. The van der Waals surface area contributed by atoms with E-state index in [9.17, 15) is 4.79 Å². The summed E-state index contributed by atoms with van der Waals surface area (Å²) >= 11 is 0. The number of carbonyl (C=O) groups is 1. The minimum absolute atomic E-state index is 0.0597. The van der Waals surface area contributed by atoms with E-state index in [4.69, 9.17) is 4.42 Å². The SMILES string of the molecule is Cc1[nH]nc2c1CN(C(=O)CC(c1ccccc1)c1ccco1)CC2. The fraction of sp³-hybridized carbons (Fsp3) is 0.300. The van der Waals surface area contributed by atoms with Crippen molar-refractivity contribution in [2.45, 2.75) is 32.2 Å². The van der Waals surface area contributed by atoms with Crippen LogP contribution in [-0.4, -0.2) is 27.5 Å². The molecule has 1 aliphatic rings. The highest BCUT2D eigenvalue weighted by Crippen LogP contribution is 2.30. The molecule has 0 saturated heterocycles. The van der Waals surface area contributed by atoms with Crippen molar-refractivity contribution in [3.8, 4) is 0 Å². The van der Waals surface area contributed by atoms with E-state index in [-0.39, 0.29) is 11.8 Å². The molecular weight excluding hydrogens is 314 g/mol. The molecule has 1 unspecified atom stereocenters. The molecule has 5 heteroatoms. The highest BCUT2D eigenvalue weighted by Gasteiger charge is 2.27. The Bertz CT molecular complexity index is 852. The molecule has 1 aliphatic heterocycles. The van der Waals surface area contributed by atoms with Gasteiger partial charge in [0.15, 0.2) is 0 Å². The van der Waals surface area contributed by atoms with Crippen molar-refractivity contribution in [3.05, 3.63) is 77.0 Å². The van der Waals surface area contributed by atoms with E-state index in [1.165, 1.54) is 0 Å². The van der Waals surface area contributed by atoms with E-state index in [2.05, 4.69) is 22.3 Å². The molecule has 0 aliphatic carbocycles. The summed E-state index contributed by atoms with van der Waals surface area (Å²) in [6.45, 7) is 3.36. The summed E-state index contributed by atoms with van der Waals surface area (Å²) in [5, 5.41) is 7.35. The van der Waals surface area contributed by atoms with Crippen LogP contribution in [0.25, 0.3) is 0 Å². The fourth-order valence-corrected chi connectivity index (χ4v) is 3.50. The third-order valence-corrected chi connectivity index (χ3v) is 4.95. The second-order valence-electron chi connectivity index (χ2n) is 6.52. The quantitative estimate of drug-likeness (QED) is 0.795. The first-order chi connectivity index (χ1) is 12.2. The summed E-state index contributed by atoms with van der Waals surface area (Å²) in [6.07, 6.45) is 2.88. The van der Waals surface area contributed by atoms with Crippen LogP contribution in [0, 0.1) is 6.92 Å². The van der Waals surface area contributed by atoms with Crippen molar-refractivity contribution in [1.29, 1.82) is 0 Å². The molecule has 0 radical (unpaired) electrons. The maximum Gasteiger partial charge on any atom is 0.223 e. The smallest absolute Gasteiger partial charge is 0.223 e. The number of aromatic amines is 1. The van der Waals surface area contributed by atoms with Gasteiger partial charge < -0.3 is 9.32 Å². The number of fused-ring (bicyclic) bond motifs is 1. The van der Waals surface area contributed by atoms with Crippen LogP contribution in [0.2, 0.25) is 0 Å². The molecule has 1 N–H and O–H groups in total. The number of H-pyrrole nitrogens is 1. The summed E-state index contributed by atoms with van der Waals surface area (Å²) < 4.78 is 5.62. The van der Waals surface area contributed by atoms with Crippen LogP contribution in [0.4, 0.5) is 0 Å². The first-order valence-corrected chi connectivity index (χ1v) is 8.61. The van der Waals surface area contributed by atoms with E-state index < -0.39 is 0 Å². The van der Waals surface area contributed by atoms with Gasteiger partial charge in [0.2, 0.25) is 5.91 Å². The minimum atomic E-state index is -0.0597. The number of benzene rings is 1. The van der Waals surface area contributed by atoms with Gasteiger partial charge in [-0.2, -0.15) is 5.10 Å². The number of hydrogen-bond acceptors (Lipinski definition) is 3. The van der Waals surface area contributed by atoms with Gasteiger partial charge in [-0.15, -0.1) is 0 Å². The second kappa shape index (κ2) is 6.59. The van der Waals surface area contributed by atoms with Gasteiger partial charge in [-0.3, -0.25) is 9.89 Å². The number of rotatable bonds is 4. The third-order valence-electron chi connectivity index (χ3n) is 4.95. The lowest BCUT2D eigenvalue weighted by molar-refractivity contribution is -0.132. The summed E-state index contributed by atoms with van der Waals surface area (Å²) in [4.78, 5) is 14.9. The van der Waals surface area contributed by atoms with Gasteiger partial charge in [0.1, 0.15) is 5.76 Å². The van der Waals surface area contributed by atoms with Crippen LogP contribution < -0.4 is 0 Å². The Morgan fingerprint density at radius 3 is 2.88 bits per heavy atom. The summed E-state index contributed by atoms with van der Waals surface area (Å²) in [5.74, 6) is 0.920. The zero-order valence-electron chi connectivity index (χ0n) is 14.2. The second-order valence-corrected chi connectivity index (χ2v) is 6.52. The third kappa shape index (κ3) is 3.09. The van der Waals surface area contributed by atoms with E-state index in [0.29, 0.717) is 13.0 Å². The first kappa shape index (κ1) is 15.7. The van der Waals surface area contributed by atoms with Gasteiger partial charge in [0.25, 0.3) is 0 Å². The van der Waals surface area contributed by atoms with Crippen molar-refractivity contribution in [2.24, 2.45) is 0 Å². The monoisotopic (exact) mass is 335 g/mol. The topological polar surface area (TPSA) is 62.1 Å². The van der Waals surface area contributed by atoms with Crippen LogP contribution in [0.1, 0.15) is 40.6 Å². The van der Waals surface area contributed by atoms with Crippen molar-refractivity contribution in [1.82, 2.24) is 15.1 Å². The van der Waals surface area contributed by atoms with E-state index in [0.717, 1.165) is 41.2 Å². The van der Waals surface area contributed by atoms with Gasteiger partial charge in [-0.25, -0.2) is 0 Å². The molecule has 1 aromatic carbocycles. The maximum absolute atomic E-state index is 13.0. The number of nitrogens with one attached hydrogen (secondary N) is 1. The molecule has 3 aromatic rings. The van der Waals surface area contributed by atoms with E-state index in [1.807, 2.05) is 42.2 Å². The van der Waals surface area contributed by atoms with Crippen LogP contribution in [-0.2, 0) is 17.8 Å². The fourth-order valence-electron chi connectivity index (χ4n) is 3.50. The predicted molar refractivity (Wildman–Crippen MR) is 94.1 cm³/mol. The first-order valence-electron chi connectivity index (χ1n) is 8.61. The van der Waals surface area contributed by atoms with Crippen molar-refractivity contribution in [3.63, 3.8) is 0 Å². The molecule has 1 atom stereocenters. The van der Waals surface area contributed by atoms with Crippen molar-refractivity contribution in [2.75, 3.05) is 6.54 Å². The van der Waals surface area contributed by atoms with Crippen LogP contribution >= 0.6 is 0 Å². The summed E-state index contributed by atoms with van der Waals surface area (Å²) in [6, 6.07) is 13.9. The molecule has 1 amide bonds. The number of hydrogen-bond donors (Lipinski definition) is 1. The van der Waals surface area contributed by atoms with Gasteiger partial charge >= 0.3 is 0 Å². The lowest BCUT2D eigenvalue weighted by Gasteiger charge is -2.28. The normalized spacial score (nSPS) is 15.0. The van der Waals surface area contributed by atoms with E-state index in [1.54, 1.807) is 6.26 Å². The standard InChI is InChI=1S/C20H21N3O2/c1-14-17-13-23(10-9-18(17)22-21-14)20(24)12-16(19-8-5-11-25-19)15-6-3-2-4-7-15/h2-8,11,16H,9-10,12-13H2,1H3,(H,21,22). The number of aromatic nitrogens is 2. The minimum Gasteiger partial charge on any atom is -0.469 e.